The molecule has 3 rings (SSSR count). The summed E-state index contributed by atoms with van der Waals surface area (Å²) < 4.78 is 27.0. The molecular weight excluding hydrogens is 274 g/mol. The topological polar surface area (TPSA) is 63.0 Å². The Balaban J connectivity index is 1.98. The van der Waals surface area contributed by atoms with E-state index in [0.717, 1.165) is 16.8 Å². The Morgan fingerprint density at radius 3 is 2.33 bits per heavy atom. The van der Waals surface area contributed by atoms with Crippen LogP contribution in [0.15, 0.2) is 48.5 Å². The minimum absolute atomic E-state index is 0.0976. The van der Waals surface area contributed by atoms with Crippen LogP contribution in [-0.4, -0.2) is 4.98 Å². The normalized spacial score (nSPS) is 10.6. The van der Waals surface area contributed by atoms with Gasteiger partial charge >= 0.3 is 0 Å². The van der Waals surface area contributed by atoms with Gasteiger partial charge in [0.15, 0.2) is 23.3 Å². The SMILES string of the molecule is NNc1nc(Nc2ccc3ccccc3c2)c(F)cc1F. The molecule has 4 N–H and O–H groups in total. The van der Waals surface area contributed by atoms with Gasteiger partial charge in [-0.05, 0) is 22.9 Å². The van der Waals surface area contributed by atoms with Gasteiger partial charge in [0, 0.05) is 11.8 Å². The number of nitrogen functional groups attached to an aromatic ring is 1. The Bertz CT molecular complexity index is 805. The number of nitrogens with one attached hydrogen (secondary N) is 2. The molecule has 4 nitrogen and oxygen atoms in total. The molecule has 21 heavy (non-hydrogen) atoms. The summed E-state index contributed by atoms with van der Waals surface area (Å²) in [5, 5.41) is 4.89. The number of benzene rings is 2. The van der Waals surface area contributed by atoms with Gasteiger partial charge in [0.25, 0.3) is 0 Å². The largest absolute Gasteiger partial charge is 0.338 e. The summed E-state index contributed by atoms with van der Waals surface area (Å²) in [5.41, 5.74) is 2.73. The molecule has 0 aliphatic heterocycles. The molecule has 6 heteroatoms. The molecule has 0 amide bonds. The van der Waals surface area contributed by atoms with Crippen LogP contribution in [0.2, 0.25) is 0 Å². The van der Waals surface area contributed by atoms with E-state index >= 15 is 0 Å². The number of anilines is 3. The summed E-state index contributed by atoms with van der Waals surface area (Å²) in [6.07, 6.45) is 0. The monoisotopic (exact) mass is 286 g/mol. The highest BCUT2D eigenvalue weighted by Crippen LogP contribution is 2.24. The molecule has 3 aromatic rings. The second-order valence-electron chi connectivity index (χ2n) is 4.48. The maximum atomic E-state index is 13.7. The molecule has 0 aliphatic carbocycles. The minimum Gasteiger partial charge on any atom is -0.338 e. The third kappa shape index (κ3) is 2.61. The summed E-state index contributed by atoms with van der Waals surface area (Å²) in [7, 11) is 0. The zero-order valence-corrected chi connectivity index (χ0v) is 10.9. The lowest BCUT2D eigenvalue weighted by Crippen LogP contribution is -2.12. The average molecular weight is 286 g/mol. The summed E-state index contributed by atoms with van der Waals surface area (Å²) >= 11 is 0. The van der Waals surface area contributed by atoms with Gasteiger partial charge in [-0.3, -0.25) is 0 Å². The van der Waals surface area contributed by atoms with Crippen molar-refractivity contribution in [2.45, 2.75) is 0 Å². The number of hydrazine groups is 1. The summed E-state index contributed by atoms with van der Waals surface area (Å²) in [5.74, 6) is 3.17. The molecule has 0 bridgehead atoms. The van der Waals surface area contributed by atoms with Gasteiger partial charge in [-0.15, -0.1) is 0 Å². The first-order valence-electron chi connectivity index (χ1n) is 6.26. The molecular formula is C15H12F2N4. The van der Waals surface area contributed by atoms with Gasteiger partial charge in [0.2, 0.25) is 0 Å². The van der Waals surface area contributed by atoms with E-state index in [0.29, 0.717) is 5.69 Å². The number of pyridine rings is 1. The lowest BCUT2D eigenvalue weighted by Gasteiger charge is -2.10. The fraction of sp³-hybridized carbons (Fsp3) is 0. The Morgan fingerprint density at radius 2 is 1.57 bits per heavy atom. The summed E-state index contributed by atoms with van der Waals surface area (Å²) in [4.78, 5) is 3.77. The Labute approximate surface area is 119 Å². The van der Waals surface area contributed by atoms with Crippen LogP contribution >= 0.6 is 0 Å². The van der Waals surface area contributed by atoms with Crippen molar-refractivity contribution in [3.8, 4) is 0 Å². The molecule has 2 aromatic carbocycles. The van der Waals surface area contributed by atoms with Crippen LogP contribution in [0.4, 0.5) is 26.1 Å². The van der Waals surface area contributed by atoms with Crippen molar-refractivity contribution >= 4 is 28.1 Å². The van der Waals surface area contributed by atoms with Crippen LogP contribution in [0.1, 0.15) is 0 Å². The molecule has 1 heterocycles. The van der Waals surface area contributed by atoms with Crippen molar-refractivity contribution in [1.82, 2.24) is 4.98 Å². The molecule has 0 aliphatic rings. The predicted molar refractivity (Wildman–Crippen MR) is 79.2 cm³/mol. The molecule has 106 valence electrons. The molecule has 1 aromatic heterocycles. The predicted octanol–water partition coefficient (Wildman–Crippen LogP) is 3.54. The van der Waals surface area contributed by atoms with Crippen LogP contribution in [0, 0.1) is 11.6 Å². The third-order valence-electron chi connectivity index (χ3n) is 3.08. The number of aromatic nitrogens is 1. The highest BCUT2D eigenvalue weighted by atomic mass is 19.1. The van der Waals surface area contributed by atoms with Crippen LogP contribution in [0.25, 0.3) is 10.8 Å². The van der Waals surface area contributed by atoms with E-state index in [2.05, 4.69) is 15.7 Å². The van der Waals surface area contributed by atoms with Crippen molar-refractivity contribution in [2.75, 3.05) is 10.7 Å². The molecule has 0 fully saturated rings. The second-order valence-corrected chi connectivity index (χ2v) is 4.48. The highest BCUT2D eigenvalue weighted by Gasteiger charge is 2.11. The molecule has 0 atom stereocenters. The van der Waals surface area contributed by atoms with Gasteiger partial charge in [-0.25, -0.2) is 19.6 Å². The van der Waals surface area contributed by atoms with Crippen molar-refractivity contribution in [3.63, 3.8) is 0 Å². The van der Waals surface area contributed by atoms with E-state index in [1.165, 1.54) is 0 Å². The minimum atomic E-state index is -0.848. The molecule has 0 saturated carbocycles. The molecule has 0 saturated heterocycles. The van der Waals surface area contributed by atoms with E-state index in [1.54, 1.807) is 6.07 Å². The van der Waals surface area contributed by atoms with Crippen molar-refractivity contribution < 1.29 is 8.78 Å². The van der Waals surface area contributed by atoms with Gasteiger partial charge < -0.3 is 10.7 Å². The van der Waals surface area contributed by atoms with E-state index in [1.807, 2.05) is 36.4 Å². The average Bonchev–Trinajstić information content (AvgIpc) is 2.50. The molecule has 0 unspecified atom stereocenters. The quantitative estimate of drug-likeness (QED) is 0.509. The molecule has 0 spiro atoms. The van der Waals surface area contributed by atoms with E-state index in [-0.39, 0.29) is 11.6 Å². The van der Waals surface area contributed by atoms with E-state index < -0.39 is 11.6 Å². The maximum Gasteiger partial charge on any atom is 0.178 e. The molecule has 0 radical (unpaired) electrons. The fourth-order valence-electron chi connectivity index (χ4n) is 2.06. The van der Waals surface area contributed by atoms with Crippen molar-refractivity contribution in [3.05, 3.63) is 60.2 Å². The number of rotatable bonds is 3. The fourth-order valence-corrected chi connectivity index (χ4v) is 2.06. The number of nitrogens with zero attached hydrogens (tertiary/aromatic N) is 1. The Morgan fingerprint density at radius 1 is 0.857 bits per heavy atom. The number of nitrogens with two attached hydrogens (primary N) is 1. The van der Waals surface area contributed by atoms with Gasteiger partial charge in [0.05, 0.1) is 0 Å². The number of hydrogen-bond donors (Lipinski definition) is 3. The first-order valence-corrected chi connectivity index (χ1v) is 6.26. The zero-order chi connectivity index (χ0) is 14.8. The van der Waals surface area contributed by atoms with E-state index in [4.69, 9.17) is 5.84 Å². The Kier molecular flexibility index (Phi) is 3.37. The van der Waals surface area contributed by atoms with Crippen LogP contribution in [0.5, 0.6) is 0 Å². The third-order valence-corrected chi connectivity index (χ3v) is 3.08. The maximum absolute atomic E-state index is 13.7. The number of halogens is 2. The zero-order valence-electron chi connectivity index (χ0n) is 10.9. The number of hydrogen-bond acceptors (Lipinski definition) is 4. The van der Waals surface area contributed by atoms with Crippen LogP contribution < -0.4 is 16.6 Å². The number of fused-ring (bicyclic) bond motifs is 1. The van der Waals surface area contributed by atoms with Crippen molar-refractivity contribution in [2.24, 2.45) is 5.84 Å². The first kappa shape index (κ1) is 13.3. The highest BCUT2D eigenvalue weighted by molar-refractivity contribution is 5.86. The standard InChI is InChI=1S/C15H12F2N4/c16-12-8-13(17)15(21-18)20-14(12)19-11-6-5-9-3-1-2-4-10(9)7-11/h1-8H,18H2,(H2,19,20,21). The smallest absolute Gasteiger partial charge is 0.178 e. The van der Waals surface area contributed by atoms with Crippen molar-refractivity contribution in [1.29, 1.82) is 0 Å². The Hall–Kier alpha value is -2.73. The van der Waals surface area contributed by atoms with Gasteiger partial charge in [-0.2, -0.15) is 0 Å². The summed E-state index contributed by atoms with van der Waals surface area (Å²) in [6.45, 7) is 0. The first-order chi connectivity index (χ1) is 10.2. The second kappa shape index (κ2) is 5.34. The summed E-state index contributed by atoms with van der Waals surface area (Å²) in [6, 6.07) is 14.1. The van der Waals surface area contributed by atoms with Gasteiger partial charge in [-0.1, -0.05) is 30.3 Å². The lowest BCUT2D eigenvalue weighted by atomic mass is 10.1. The lowest BCUT2D eigenvalue weighted by molar-refractivity contribution is 0.579. The van der Waals surface area contributed by atoms with Gasteiger partial charge in [0.1, 0.15) is 0 Å². The van der Waals surface area contributed by atoms with Crippen LogP contribution in [-0.2, 0) is 0 Å². The van der Waals surface area contributed by atoms with Crippen LogP contribution in [0.3, 0.4) is 0 Å². The van der Waals surface area contributed by atoms with E-state index in [9.17, 15) is 8.78 Å².